The highest BCUT2D eigenvalue weighted by Gasteiger charge is 2.25. The highest BCUT2D eigenvalue weighted by atomic mass is 16.5. The van der Waals surface area contributed by atoms with Crippen LogP contribution < -0.4 is 4.74 Å². The molecule has 1 saturated carbocycles. The molecule has 1 aromatic rings. The lowest BCUT2D eigenvalue weighted by Crippen LogP contribution is -2.14. The molecule has 0 aliphatic heterocycles. The van der Waals surface area contributed by atoms with Gasteiger partial charge in [0.1, 0.15) is 6.07 Å². The van der Waals surface area contributed by atoms with Crippen LogP contribution in [-0.4, -0.2) is 11.1 Å². The zero-order valence-electron chi connectivity index (χ0n) is 9.95. The van der Waals surface area contributed by atoms with Crippen LogP contribution in [-0.2, 0) is 5.41 Å². The van der Waals surface area contributed by atoms with E-state index >= 15 is 0 Å². The zero-order valence-corrected chi connectivity index (χ0v) is 9.95. The Morgan fingerprint density at radius 2 is 2.12 bits per heavy atom. The number of nitrogens with zero attached hydrogens (tertiary/aromatic N) is 2. The van der Waals surface area contributed by atoms with Crippen molar-refractivity contribution < 1.29 is 4.74 Å². The Bertz CT molecular complexity index is 436. The molecule has 0 atom stereocenters. The van der Waals surface area contributed by atoms with Gasteiger partial charge in [0, 0.05) is 11.1 Å². The third-order valence-corrected chi connectivity index (χ3v) is 2.57. The lowest BCUT2D eigenvalue weighted by atomic mass is 9.91. The number of aromatic nitrogens is 1. The van der Waals surface area contributed by atoms with Gasteiger partial charge in [0.25, 0.3) is 0 Å². The van der Waals surface area contributed by atoms with Crippen molar-refractivity contribution in [1.29, 1.82) is 5.26 Å². The SMILES string of the molecule is CC(C)(C)c1cc(C#N)c(OC2CC2)cn1. The second-order valence-electron chi connectivity index (χ2n) is 5.24. The molecule has 2 rings (SSSR count). The molecule has 0 saturated heterocycles. The van der Waals surface area contributed by atoms with Gasteiger partial charge in [-0.05, 0) is 18.9 Å². The lowest BCUT2D eigenvalue weighted by Gasteiger charge is -2.18. The lowest BCUT2D eigenvalue weighted by molar-refractivity contribution is 0.300. The first-order valence-corrected chi connectivity index (χ1v) is 5.58. The summed E-state index contributed by atoms with van der Waals surface area (Å²) in [4.78, 5) is 4.36. The Balaban J connectivity index is 2.31. The fourth-order valence-electron chi connectivity index (χ4n) is 1.40. The zero-order chi connectivity index (χ0) is 11.8. The second kappa shape index (κ2) is 3.79. The summed E-state index contributed by atoms with van der Waals surface area (Å²) in [6, 6.07) is 4.01. The van der Waals surface area contributed by atoms with Crippen LogP contribution in [0.1, 0.15) is 44.9 Å². The molecular formula is C13H16N2O. The van der Waals surface area contributed by atoms with Crippen molar-refractivity contribution in [3.05, 3.63) is 23.5 Å². The summed E-state index contributed by atoms with van der Waals surface area (Å²) in [5.74, 6) is 0.623. The van der Waals surface area contributed by atoms with Gasteiger partial charge in [0.05, 0.1) is 17.9 Å². The number of pyridine rings is 1. The molecule has 0 spiro atoms. The molecule has 0 bridgehead atoms. The topological polar surface area (TPSA) is 45.9 Å². The Labute approximate surface area is 96.1 Å². The van der Waals surface area contributed by atoms with Gasteiger partial charge < -0.3 is 4.74 Å². The number of nitriles is 1. The van der Waals surface area contributed by atoms with Gasteiger partial charge in [-0.3, -0.25) is 4.98 Å². The highest BCUT2D eigenvalue weighted by molar-refractivity contribution is 5.43. The molecule has 0 unspecified atom stereocenters. The summed E-state index contributed by atoms with van der Waals surface area (Å²) in [5, 5.41) is 9.08. The smallest absolute Gasteiger partial charge is 0.155 e. The largest absolute Gasteiger partial charge is 0.487 e. The van der Waals surface area contributed by atoms with Gasteiger partial charge >= 0.3 is 0 Å². The average molecular weight is 216 g/mol. The van der Waals surface area contributed by atoms with Crippen LogP contribution in [0.4, 0.5) is 0 Å². The minimum absolute atomic E-state index is 0.0380. The quantitative estimate of drug-likeness (QED) is 0.763. The van der Waals surface area contributed by atoms with E-state index in [0.29, 0.717) is 17.4 Å². The van der Waals surface area contributed by atoms with Crippen molar-refractivity contribution in [2.24, 2.45) is 0 Å². The summed E-state index contributed by atoms with van der Waals surface area (Å²) >= 11 is 0. The molecule has 1 aliphatic rings. The van der Waals surface area contributed by atoms with Gasteiger partial charge in [-0.2, -0.15) is 5.26 Å². The van der Waals surface area contributed by atoms with Gasteiger partial charge in [0.2, 0.25) is 0 Å². The van der Waals surface area contributed by atoms with Gasteiger partial charge in [-0.1, -0.05) is 20.8 Å². The van der Waals surface area contributed by atoms with E-state index in [1.165, 1.54) is 0 Å². The van der Waals surface area contributed by atoms with E-state index in [-0.39, 0.29) is 5.41 Å². The number of hydrogen-bond donors (Lipinski definition) is 0. The van der Waals surface area contributed by atoms with E-state index in [4.69, 9.17) is 10.00 Å². The molecular weight excluding hydrogens is 200 g/mol. The average Bonchev–Trinajstić information content (AvgIpc) is 3.00. The molecule has 16 heavy (non-hydrogen) atoms. The summed E-state index contributed by atoms with van der Waals surface area (Å²) in [7, 11) is 0. The third-order valence-electron chi connectivity index (χ3n) is 2.57. The van der Waals surface area contributed by atoms with Crippen LogP contribution in [0.5, 0.6) is 5.75 Å². The van der Waals surface area contributed by atoms with E-state index in [9.17, 15) is 0 Å². The number of rotatable bonds is 2. The van der Waals surface area contributed by atoms with Crippen molar-refractivity contribution in [2.75, 3.05) is 0 Å². The first-order chi connectivity index (χ1) is 7.50. The highest BCUT2D eigenvalue weighted by Crippen LogP contribution is 2.30. The van der Waals surface area contributed by atoms with Gasteiger partial charge in [-0.25, -0.2) is 0 Å². The van der Waals surface area contributed by atoms with E-state index in [1.807, 2.05) is 6.07 Å². The fraction of sp³-hybridized carbons (Fsp3) is 0.538. The normalized spacial score (nSPS) is 15.6. The Kier molecular flexibility index (Phi) is 2.59. The third kappa shape index (κ3) is 2.33. The van der Waals surface area contributed by atoms with Crippen molar-refractivity contribution in [3.63, 3.8) is 0 Å². The molecule has 1 heterocycles. The van der Waals surface area contributed by atoms with Crippen LogP contribution in [0, 0.1) is 11.3 Å². The van der Waals surface area contributed by atoms with Gasteiger partial charge in [-0.15, -0.1) is 0 Å². The van der Waals surface area contributed by atoms with Crippen molar-refractivity contribution in [2.45, 2.75) is 45.1 Å². The molecule has 0 N–H and O–H groups in total. The van der Waals surface area contributed by atoms with E-state index in [2.05, 4.69) is 31.8 Å². The van der Waals surface area contributed by atoms with E-state index in [1.54, 1.807) is 6.20 Å². The van der Waals surface area contributed by atoms with Crippen molar-refractivity contribution in [1.82, 2.24) is 4.98 Å². The minimum Gasteiger partial charge on any atom is -0.487 e. The predicted molar refractivity (Wildman–Crippen MR) is 61.3 cm³/mol. The Hall–Kier alpha value is -1.56. The molecule has 0 aromatic carbocycles. The molecule has 0 radical (unpaired) electrons. The van der Waals surface area contributed by atoms with Crippen LogP contribution in [0.3, 0.4) is 0 Å². The van der Waals surface area contributed by atoms with Crippen molar-refractivity contribution >= 4 is 0 Å². The first kappa shape index (κ1) is 10.9. The second-order valence-corrected chi connectivity index (χ2v) is 5.24. The maximum Gasteiger partial charge on any atom is 0.155 e. The maximum atomic E-state index is 9.08. The molecule has 1 aliphatic carbocycles. The van der Waals surface area contributed by atoms with Crippen LogP contribution in [0.25, 0.3) is 0 Å². The molecule has 3 nitrogen and oxygen atoms in total. The molecule has 0 amide bonds. The van der Waals surface area contributed by atoms with Crippen molar-refractivity contribution in [3.8, 4) is 11.8 Å². The standard InChI is InChI=1S/C13H16N2O/c1-13(2,3)12-6-9(7-14)11(8-15-12)16-10-4-5-10/h6,8,10H,4-5H2,1-3H3. The van der Waals surface area contributed by atoms with Crippen LogP contribution >= 0.6 is 0 Å². The summed E-state index contributed by atoms with van der Waals surface area (Å²) in [6.07, 6.45) is 4.16. The number of ether oxygens (including phenoxy) is 1. The summed E-state index contributed by atoms with van der Waals surface area (Å²) in [6.45, 7) is 6.24. The molecule has 1 aromatic heterocycles. The van der Waals surface area contributed by atoms with E-state index < -0.39 is 0 Å². The summed E-state index contributed by atoms with van der Waals surface area (Å²) in [5.41, 5.74) is 1.47. The fourth-order valence-corrected chi connectivity index (χ4v) is 1.40. The first-order valence-electron chi connectivity index (χ1n) is 5.58. The molecule has 1 fully saturated rings. The monoisotopic (exact) mass is 216 g/mol. The van der Waals surface area contributed by atoms with Crippen LogP contribution in [0.2, 0.25) is 0 Å². The van der Waals surface area contributed by atoms with Crippen LogP contribution in [0.15, 0.2) is 12.3 Å². The molecule has 3 heteroatoms. The minimum atomic E-state index is -0.0380. The molecule has 84 valence electrons. The summed E-state index contributed by atoms with van der Waals surface area (Å²) < 4.78 is 5.63. The Morgan fingerprint density at radius 1 is 1.44 bits per heavy atom. The predicted octanol–water partition coefficient (Wildman–Crippen LogP) is 2.79. The Morgan fingerprint density at radius 3 is 2.62 bits per heavy atom. The number of hydrogen-bond acceptors (Lipinski definition) is 3. The van der Waals surface area contributed by atoms with E-state index in [0.717, 1.165) is 18.5 Å². The van der Waals surface area contributed by atoms with Gasteiger partial charge in [0.15, 0.2) is 5.75 Å². The maximum absolute atomic E-state index is 9.08.